The van der Waals surface area contributed by atoms with Crippen LogP contribution in [-0.4, -0.2) is 18.2 Å². The quantitative estimate of drug-likeness (QED) is 0.648. The maximum atomic E-state index is 11.8. The molecule has 3 aromatic rings. The number of nitrogens with zero attached hydrogens (tertiary/aromatic N) is 1. The summed E-state index contributed by atoms with van der Waals surface area (Å²) in [6.07, 6.45) is 0.240. The van der Waals surface area contributed by atoms with E-state index in [0.717, 1.165) is 16.9 Å². The molecule has 3 rings (SSSR count). The molecule has 0 atom stereocenters. The maximum absolute atomic E-state index is 11.8. The van der Waals surface area contributed by atoms with Crippen LogP contribution in [0.25, 0.3) is 11.3 Å². The summed E-state index contributed by atoms with van der Waals surface area (Å²) in [5.41, 5.74) is 2.37. The van der Waals surface area contributed by atoms with Crippen molar-refractivity contribution in [3.8, 4) is 17.1 Å². The monoisotopic (exact) mass is 323 g/mol. The SMILES string of the molecule is COc1ccc(-c2cc(COC(=O)Cc3ccccc3)no2)cc1. The molecule has 0 amide bonds. The molecule has 0 fully saturated rings. The van der Waals surface area contributed by atoms with Gasteiger partial charge in [-0.2, -0.15) is 0 Å². The fourth-order valence-corrected chi connectivity index (χ4v) is 2.24. The van der Waals surface area contributed by atoms with E-state index in [9.17, 15) is 4.79 Å². The molecule has 0 unspecified atom stereocenters. The Hall–Kier alpha value is -3.08. The molecular formula is C19H17NO4. The fraction of sp³-hybridized carbons (Fsp3) is 0.158. The van der Waals surface area contributed by atoms with Crippen LogP contribution < -0.4 is 4.74 Å². The normalized spacial score (nSPS) is 10.4. The van der Waals surface area contributed by atoms with Gasteiger partial charge in [-0.15, -0.1) is 0 Å². The first-order valence-corrected chi connectivity index (χ1v) is 7.54. The third-order valence-electron chi connectivity index (χ3n) is 3.51. The van der Waals surface area contributed by atoms with Crippen molar-refractivity contribution in [2.45, 2.75) is 13.0 Å². The van der Waals surface area contributed by atoms with E-state index in [-0.39, 0.29) is 19.0 Å². The van der Waals surface area contributed by atoms with E-state index >= 15 is 0 Å². The Kier molecular flexibility index (Phi) is 4.91. The molecule has 0 aliphatic rings. The highest BCUT2D eigenvalue weighted by Crippen LogP contribution is 2.23. The van der Waals surface area contributed by atoms with E-state index in [4.69, 9.17) is 14.0 Å². The number of methoxy groups -OCH3 is 1. The molecule has 2 aromatic carbocycles. The molecule has 1 heterocycles. The Balaban J connectivity index is 1.56. The second kappa shape index (κ2) is 7.46. The lowest BCUT2D eigenvalue weighted by atomic mass is 10.1. The van der Waals surface area contributed by atoms with Gasteiger partial charge >= 0.3 is 5.97 Å². The number of ether oxygens (including phenoxy) is 2. The molecule has 0 bridgehead atoms. The number of esters is 1. The van der Waals surface area contributed by atoms with Gasteiger partial charge in [0.2, 0.25) is 0 Å². The van der Waals surface area contributed by atoms with Crippen molar-refractivity contribution in [3.05, 3.63) is 71.9 Å². The summed E-state index contributed by atoms with van der Waals surface area (Å²) in [5.74, 6) is 1.09. The Labute approximate surface area is 139 Å². The largest absolute Gasteiger partial charge is 0.497 e. The Morgan fingerprint density at radius 1 is 1.08 bits per heavy atom. The summed E-state index contributed by atoms with van der Waals surface area (Å²) < 4.78 is 15.6. The van der Waals surface area contributed by atoms with Gasteiger partial charge in [0.25, 0.3) is 0 Å². The molecule has 0 saturated heterocycles. The highest BCUT2D eigenvalue weighted by atomic mass is 16.5. The van der Waals surface area contributed by atoms with Gasteiger partial charge in [0.1, 0.15) is 18.1 Å². The highest BCUT2D eigenvalue weighted by molar-refractivity contribution is 5.72. The van der Waals surface area contributed by atoms with Crippen molar-refractivity contribution in [1.29, 1.82) is 0 Å². The fourth-order valence-electron chi connectivity index (χ4n) is 2.24. The van der Waals surface area contributed by atoms with Crippen LogP contribution in [0.15, 0.2) is 65.2 Å². The van der Waals surface area contributed by atoms with Crippen LogP contribution in [0.1, 0.15) is 11.3 Å². The van der Waals surface area contributed by atoms with Gasteiger partial charge in [-0.25, -0.2) is 0 Å². The average Bonchev–Trinajstić information content (AvgIpc) is 3.10. The Morgan fingerprint density at radius 3 is 2.54 bits per heavy atom. The van der Waals surface area contributed by atoms with Gasteiger partial charge in [0.05, 0.1) is 13.5 Å². The van der Waals surface area contributed by atoms with E-state index in [1.54, 1.807) is 13.2 Å². The van der Waals surface area contributed by atoms with Crippen LogP contribution in [0.2, 0.25) is 0 Å². The average molecular weight is 323 g/mol. The molecule has 0 aliphatic heterocycles. The van der Waals surface area contributed by atoms with Crippen molar-refractivity contribution in [2.75, 3.05) is 7.11 Å². The van der Waals surface area contributed by atoms with Gasteiger partial charge in [0.15, 0.2) is 5.76 Å². The van der Waals surface area contributed by atoms with E-state index in [1.807, 2.05) is 54.6 Å². The lowest BCUT2D eigenvalue weighted by molar-refractivity contribution is -0.144. The maximum Gasteiger partial charge on any atom is 0.310 e. The van der Waals surface area contributed by atoms with E-state index in [2.05, 4.69) is 5.16 Å². The first-order chi connectivity index (χ1) is 11.7. The van der Waals surface area contributed by atoms with Crippen LogP contribution in [0.4, 0.5) is 0 Å². The number of carbonyl (C=O) groups is 1. The molecule has 122 valence electrons. The Bertz CT molecular complexity index is 794. The molecule has 1 aromatic heterocycles. The van der Waals surface area contributed by atoms with Crippen molar-refractivity contribution in [1.82, 2.24) is 5.16 Å². The van der Waals surface area contributed by atoms with Crippen molar-refractivity contribution in [2.24, 2.45) is 0 Å². The summed E-state index contributed by atoms with van der Waals surface area (Å²) >= 11 is 0. The topological polar surface area (TPSA) is 61.6 Å². The third-order valence-corrected chi connectivity index (χ3v) is 3.51. The smallest absolute Gasteiger partial charge is 0.310 e. The summed E-state index contributed by atoms with van der Waals surface area (Å²) in [5, 5.41) is 3.93. The first kappa shape index (κ1) is 15.8. The standard InChI is InChI=1S/C19H17NO4/c1-22-17-9-7-15(8-10-17)18-12-16(20-24-18)13-23-19(21)11-14-5-3-2-4-6-14/h2-10,12H,11,13H2,1H3. The van der Waals surface area contributed by atoms with Crippen molar-refractivity contribution < 1.29 is 18.8 Å². The lowest BCUT2D eigenvalue weighted by Gasteiger charge is -2.02. The van der Waals surface area contributed by atoms with Crippen molar-refractivity contribution >= 4 is 5.97 Å². The van der Waals surface area contributed by atoms with Crippen LogP contribution in [0, 0.1) is 0 Å². The second-order valence-corrected chi connectivity index (χ2v) is 5.23. The van der Waals surface area contributed by atoms with Gasteiger partial charge in [-0.3, -0.25) is 4.79 Å². The molecule has 5 nitrogen and oxygen atoms in total. The summed E-state index contributed by atoms with van der Waals surface area (Å²) in [4.78, 5) is 11.8. The minimum absolute atomic E-state index is 0.0886. The minimum Gasteiger partial charge on any atom is -0.497 e. The minimum atomic E-state index is -0.296. The predicted octanol–water partition coefficient (Wildman–Crippen LogP) is 3.64. The number of aromatic nitrogens is 1. The molecule has 0 saturated carbocycles. The molecule has 0 aliphatic carbocycles. The van der Waals surface area contributed by atoms with Crippen LogP contribution in [0.3, 0.4) is 0 Å². The van der Waals surface area contributed by atoms with Crippen LogP contribution >= 0.6 is 0 Å². The zero-order valence-corrected chi connectivity index (χ0v) is 13.3. The third kappa shape index (κ3) is 4.01. The lowest BCUT2D eigenvalue weighted by Crippen LogP contribution is -2.07. The number of hydrogen-bond acceptors (Lipinski definition) is 5. The van der Waals surface area contributed by atoms with Crippen LogP contribution in [-0.2, 0) is 22.6 Å². The zero-order chi connectivity index (χ0) is 16.8. The predicted molar refractivity (Wildman–Crippen MR) is 88.4 cm³/mol. The molecule has 24 heavy (non-hydrogen) atoms. The first-order valence-electron chi connectivity index (χ1n) is 7.54. The number of rotatable bonds is 6. The Morgan fingerprint density at radius 2 is 1.83 bits per heavy atom. The number of benzene rings is 2. The van der Waals surface area contributed by atoms with Crippen molar-refractivity contribution in [3.63, 3.8) is 0 Å². The molecular weight excluding hydrogens is 306 g/mol. The summed E-state index contributed by atoms with van der Waals surface area (Å²) in [6.45, 7) is 0.0886. The summed E-state index contributed by atoms with van der Waals surface area (Å²) in [7, 11) is 1.62. The number of carbonyl (C=O) groups excluding carboxylic acids is 1. The van der Waals surface area contributed by atoms with E-state index in [0.29, 0.717) is 11.5 Å². The molecule has 0 radical (unpaired) electrons. The van der Waals surface area contributed by atoms with Gasteiger partial charge in [-0.05, 0) is 29.8 Å². The van der Waals surface area contributed by atoms with E-state index < -0.39 is 0 Å². The van der Waals surface area contributed by atoms with Gasteiger partial charge < -0.3 is 14.0 Å². The second-order valence-electron chi connectivity index (χ2n) is 5.23. The number of hydrogen-bond donors (Lipinski definition) is 0. The van der Waals surface area contributed by atoms with E-state index in [1.165, 1.54) is 0 Å². The summed E-state index contributed by atoms with van der Waals surface area (Å²) in [6, 6.07) is 18.7. The highest BCUT2D eigenvalue weighted by Gasteiger charge is 2.10. The molecule has 0 N–H and O–H groups in total. The zero-order valence-electron chi connectivity index (χ0n) is 13.3. The van der Waals surface area contributed by atoms with Gasteiger partial charge in [-0.1, -0.05) is 35.5 Å². The van der Waals surface area contributed by atoms with Crippen LogP contribution in [0.5, 0.6) is 5.75 Å². The molecule has 5 heteroatoms. The molecule has 0 spiro atoms. The van der Waals surface area contributed by atoms with Gasteiger partial charge in [0, 0.05) is 11.6 Å².